The van der Waals surface area contributed by atoms with Crippen molar-refractivity contribution in [2.75, 3.05) is 17.1 Å². The first-order valence-corrected chi connectivity index (χ1v) is 13.7. The van der Waals surface area contributed by atoms with Gasteiger partial charge < -0.3 is 10.2 Å². The molecule has 0 heterocycles. The van der Waals surface area contributed by atoms with Crippen molar-refractivity contribution >= 4 is 50.7 Å². The normalized spacial score (nSPS) is 13.1. The lowest BCUT2D eigenvalue weighted by molar-refractivity contribution is -0.140. The number of nitrogens with zero attached hydrogens (tertiary/aromatic N) is 2. The first-order chi connectivity index (χ1) is 16.4. The van der Waals surface area contributed by atoms with Crippen molar-refractivity contribution in [3.63, 3.8) is 0 Å². The van der Waals surface area contributed by atoms with Crippen LogP contribution < -0.4 is 9.62 Å². The van der Waals surface area contributed by atoms with Crippen LogP contribution in [0.15, 0.2) is 42.5 Å². The summed E-state index contributed by atoms with van der Waals surface area (Å²) in [4.78, 5) is 27.9. The minimum absolute atomic E-state index is 0.00689. The summed E-state index contributed by atoms with van der Waals surface area (Å²) in [7, 11) is -3.94. The van der Waals surface area contributed by atoms with Gasteiger partial charge in [0.15, 0.2) is 0 Å². The van der Waals surface area contributed by atoms with E-state index in [1.54, 1.807) is 25.1 Å². The summed E-state index contributed by atoms with van der Waals surface area (Å²) >= 11 is 12.2. The van der Waals surface area contributed by atoms with Crippen LogP contribution in [-0.2, 0) is 26.2 Å². The fourth-order valence-corrected chi connectivity index (χ4v) is 4.60. The van der Waals surface area contributed by atoms with Crippen molar-refractivity contribution < 1.29 is 22.4 Å². The number of halogens is 3. The molecular weight excluding hydrogens is 516 g/mol. The number of carbonyl (C=O) groups excluding carboxylic acids is 2. The number of hydrogen-bond donors (Lipinski definition) is 1. The van der Waals surface area contributed by atoms with E-state index in [0.717, 1.165) is 16.6 Å². The summed E-state index contributed by atoms with van der Waals surface area (Å²) in [6.45, 7) is 4.91. The van der Waals surface area contributed by atoms with Gasteiger partial charge in [0.2, 0.25) is 21.8 Å². The van der Waals surface area contributed by atoms with Crippen LogP contribution in [0.4, 0.5) is 10.1 Å². The van der Waals surface area contributed by atoms with Gasteiger partial charge >= 0.3 is 0 Å². The first kappa shape index (κ1) is 28.9. The second-order valence-electron chi connectivity index (χ2n) is 8.26. The number of sulfonamides is 1. The summed E-state index contributed by atoms with van der Waals surface area (Å²) in [5.41, 5.74) is 0.617. The second-order valence-corrected chi connectivity index (χ2v) is 11.0. The highest BCUT2D eigenvalue weighted by Gasteiger charge is 2.32. The van der Waals surface area contributed by atoms with Gasteiger partial charge in [-0.05, 0) is 55.7 Å². The molecule has 2 aromatic rings. The molecular formula is C24H30Cl2FN3O4S. The molecule has 0 radical (unpaired) electrons. The molecule has 0 saturated carbocycles. The van der Waals surface area contributed by atoms with Gasteiger partial charge in [-0.1, -0.05) is 49.2 Å². The largest absolute Gasteiger partial charge is 0.352 e. The van der Waals surface area contributed by atoms with Crippen LogP contribution >= 0.6 is 23.2 Å². The molecule has 2 aromatic carbocycles. The molecule has 0 aliphatic rings. The quantitative estimate of drug-likeness (QED) is 0.446. The highest BCUT2D eigenvalue weighted by molar-refractivity contribution is 7.92. The third-order valence-electron chi connectivity index (χ3n) is 5.50. The van der Waals surface area contributed by atoms with Crippen molar-refractivity contribution in [2.45, 2.75) is 52.2 Å². The minimum Gasteiger partial charge on any atom is -0.352 e. The van der Waals surface area contributed by atoms with Crippen LogP contribution in [-0.4, -0.2) is 50.0 Å². The smallest absolute Gasteiger partial charge is 0.244 e. The zero-order valence-corrected chi connectivity index (χ0v) is 22.4. The maximum atomic E-state index is 13.8. The Balaban J connectivity index is 2.46. The van der Waals surface area contributed by atoms with Gasteiger partial charge in [0.05, 0.1) is 22.0 Å². The molecule has 2 atom stereocenters. The van der Waals surface area contributed by atoms with Gasteiger partial charge in [0.25, 0.3) is 0 Å². The van der Waals surface area contributed by atoms with E-state index < -0.39 is 34.3 Å². The number of rotatable bonds is 11. The number of benzene rings is 2. The van der Waals surface area contributed by atoms with Gasteiger partial charge in [0.1, 0.15) is 18.4 Å². The molecule has 1 N–H and O–H groups in total. The van der Waals surface area contributed by atoms with Crippen LogP contribution in [0.3, 0.4) is 0 Å². The van der Waals surface area contributed by atoms with Gasteiger partial charge in [-0.25, -0.2) is 12.8 Å². The second kappa shape index (κ2) is 12.6. The maximum Gasteiger partial charge on any atom is 0.244 e. The van der Waals surface area contributed by atoms with E-state index in [-0.39, 0.29) is 35.6 Å². The SMILES string of the molecule is CC[C@H](C(=O)N[C@@H](C)CC)N(Cc1ccc(Cl)c(Cl)c1)C(=O)CN(c1cccc(F)c1)S(C)(=O)=O. The van der Waals surface area contributed by atoms with Crippen molar-refractivity contribution in [1.82, 2.24) is 10.2 Å². The van der Waals surface area contributed by atoms with E-state index >= 15 is 0 Å². The molecule has 0 fully saturated rings. The molecule has 192 valence electrons. The van der Waals surface area contributed by atoms with E-state index in [2.05, 4.69) is 5.32 Å². The van der Waals surface area contributed by atoms with Crippen molar-refractivity contribution in [3.8, 4) is 0 Å². The summed E-state index contributed by atoms with van der Waals surface area (Å²) in [5, 5.41) is 3.50. The van der Waals surface area contributed by atoms with Crippen molar-refractivity contribution in [3.05, 3.63) is 63.9 Å². The fourth-order valence-electron chi connectivity index (χ4n) is 3.44. The Morgan fingerprint density at radius 2 is 1.74 bits per heavy atom. The van der Waals surface area contributed by atoms with E-state index in [9.17, 15) is 22.4 Å². The van der Waals surface area contributed by atoms with Crippen LogP contribution in [0.5, 0.6) is 0 Å². The van der Waals surface area contributed by atoms with Crippen molar-refractivity contribution in [2.24, 2.45) is 0 Å². The van der Waals surface area contributed by atoms with Gasteiger partial charge in [-0.3, -0.25) is 13.9 Å². The molecule has 0 bridgehead atoms. The Morgan fingerprint density at radius 1 is 1.06 bits per heavy atom. The van der Waals surface area contributed by atoms with E-state index in [4.69, 9.17) is 23.2 Å². The predicted molar refractivity (Wildman–Crippen MR) is 138 cm³/mol. The Labute approximate surface area is 216 Å². The van der Waals surface area contributed by atoms with Gasteiger partial charge in [0, 0.05) is 12.6 Å². The number of carbonyl (C=O) groups is 2. The van der Waals surface area contributed by atoms with Crippen LogP contribution in [0.25, 0.3) is 0 Å². The molecule has 11 heteroatoms. The number of amides is 2. The van der Waals surface area contributed by atoms with Gasteiger partial charge in [-0.2, -0.15) is 0 Å². The first-order valence-electron chi connectivity index (χ1n) is 11.1. The molecule has 7 nitrogen and oxygen atoms in total. The monoisotopic (exact) mass is 545 g/mol. The molecule has 0 aliphatic carbocycles. The van der Waals surface area contributed by atoms with Gasteiger partial charge in [-0.15, -0.1) is 0 Å². The number of nitrogens with one attached hydrogen (secondary N) is 1. The van der Waals surface area contributed by atoms with E-state index in [0.29, 0.717) is 17.0 Å². The highest BCUT2D eigenvalue weighted by atomic mass is 35.5. The maximum absolute atomic E-state index is 13.8. The topological polar surface area (TPSA) is 86.8 Å². The third-order valence-corrected chi connectivity index (χ3v) is 7.38. The summed E-state index contributed by atoms with van der Waals surface area (Å²) in [5.74, 6) is -1.63. The predicted octanol–water partition coefficient (Wildman–Crippen LogP) is 4.62. The van der Waals surface area contributed by atoms with Crippen molar-refractivity contribution in [1.29, 1.82) is 0 Å². The molecule has 35 heavy (non-hydrogen) atoms. The Hall–Kier alpha value is -2.36. The number of anilines is 1. The lowest BCUT2D eigenvalue weighted by Gasteiger charge is -2.33. The molecule has 2 amide bonds. The van der Waals surface area contributed by atoms with Crippen LogP contribution in [0.1, 0.15) is 39.2 Å². The summed E-state index contributed by atoms with van der Waals surface area (Å²) in [6.07, 6.45) is 1.92. The van der Waals surface area contributed by atoms with Crippen LogP contribution in [0, 0.1) is 5.82 Å². The van der Waals surface area contributed by atoms with Crippen LogP contribution in [0.2, 0.25) is 10.0 Å². The molecule has 0 saturated heterocycles. The van der Waals surface area contributed by atoms with E-state index in [1.165, 1.54) is 23.1 Å². The minimum atomic E-state index is -3.94. The zero-order chi connectivity index (χ0) is 26.3. The molecule has 0 unspecified atom stereocenters. The molecule has 0 aromatic heterocycles. The summed E-state index contributed by atoms with van der Waals surface area (Å²) in [6, 6.07) is 8.82. The number of hydrogen-bond acceptors (Lipinski definition) is 4. The third kappa shape index (κ3) is 8.08. The highest BCUT2D eigenvalue weighted by Crippen LogP contribution is 2.25. The molecule has 2 rings (SSSR count). The zero-order valence-electron chi connectivity index (χ0n) is 20.1. The average Bonchev–Trinajstić information content (AvgIpc) is 2.78. The average molecular weight is 546 g/mol. The van der Waals surface area contributed by atoms with E-state index in [1.807, 2.05) is 13.8 Å². The molecule has 0 spiro atoms. The fraction of sp³-hybridized carbons (Fsp3) is 0.417. The lowest BCUT2D eigenvalue weighted by atomic mass is 10.1. The Kier molecular flexibility index (Phi) is 10.4. The lowest BCUT2D eigenvalue weighted by Crippen LogP contribution is -2.53. The Morgan fingerprint density at radius 3 is 2.29 bits per heavy atom. The standard InChI is InChI=1S/C24H30Cl2FN3O4S/c1-5-16(3)28-24(32)22(6-2)29(14-17-10-11-20(25)21(26)12-17)23(31)15-30(35(4,33)34)19-9-7-8-18(27)13-19/h7-13,16,22H,5-6,14-15H2,1-4H3,(H,28,32)/t16-,22+/m0/s1. The summed E-state index contributed by atoms with van der Waals surface area (Å²) < 4.78 is 39.7. The molecule has 0 aliphatic heterocycles. The Bertz CT molecular complexity index is 1160.